The van der Waals surface area contributed by atoms with Crippen LogP contribution in [0.5, 0.6) is 0 Å². The third-order valence-corrected chi connectivity index (χ3v) is 0. The number of nitriles is 1. The summed E-state index contributed by atoms with van der Waals surface area (Å²) in [5.74, 6) is 0. The van der Waals surface area contributed by atoms with Crippen LogP contribution in [0.3, 0.4) is 0 Å². The zero-order chi connectivity index (χ0) is 2.71. The summed E-state index contributed by atoms with van der Waals surface area (Å²) in [7, 11) is 0. The van der Waals surface area contributed by atoms with Gasteiger partial charge in [0.05, 0.1) is 0 Å². The Morgan fingerprint density at radius 3 is 1.60 bits per heavy atom. The van der Waals surface area contributed by atoms with Gasteiger partial charge in [0.15, 0.2) is 6.19 Å². The van der Waals surface area contributed by atoms with Crippen LogP contribution in [0.15, 0.2) is 0 Å². The molecule has 0 fully saturated rings. The van der Waals surface area contributed by atoms with Crippen LogP contribution in [-0.4, -0.2) is 37.7 Å². The smallest absolute Gasteiger partial charge is 0.173 e. The van der Waals surface area contributed by atoms with Crippen molar-refractivity contribution in [2.45, 2.75) is 0 Å². The Bertz CT molecular complexity index is 28.4. The van der Waals surface area contributed by atoms with E-state index in [1.807, 2.05) is 0 Å². The molecule has 2 radical (unpaired) electrons. The predicted octanol–water partition coefficient (Wildman–Crippen LogP) is -0.793. The standard InChI is InChI=1S/CH2N2.Ca.H3N/c2-1-3;;/h2H2;;1H3. The normalized spacial score (nSPS) is 1.40. The van der Waals surface area contributed by atoms with Crippen molar-refractivity contribution >= 4 is 37.7 Å². The molecule has 3 nitrogen and oxygen atoms in total. The summed E-state index contributed by atoms with van der Waals surface area (Å²) in [6.07, 6.45) is 1.25. The van der Waals surface area contributed by atoms with Gasteiger partial charge in [-0.05, 0) is 0 Å². The maximum atomic E-state index is 7.10. The van der Waals surface area contributed by atoms with Gasteiger partial charge in [-0.1, -0.05) is 0 Å². The number of hydrogen-bond donors (Lipinski definition) is 2. The number of nitrogens with two attached hydrogens (primary N) is 1. The predicted molar refractivity (Wildman–Crippen MR) is 20.6 cm³/mol. The van der Waals surface area contributed by atoms with Gasteiger partial charge in [0, 0.05) is 37.7 Å². The Balaban J connectivity index is -0.0000000200. The molecule has 0 bridgehead atoms. The molecule has 0 spiro atoms. The van der Waals surface area contributed by atoms with Crippen molar-refractivity contribution in [2.24, 2.45) is 5.73 Å². The van der Waals surface area contributed by atoms with E-state index in [1.54, 1.807) is 0 Å². The molecule has 0 atom stereocenters. The van der Waals surface area contributed by atoms with Crippen molar-refractivity contribution in [3.05, 3.63) is 0 Å². The van der Waals surface area contributed by atoms with Gasteiger partial charge in [0.2, 0.25) is 0 Å². The molecule has 0 aromatic rings. The minimum atomic E-state index is 0. The van der Waals surface area contributed by atoms with Crippen molar-refractivity contribution in [1.82, 2.24) is 6.15 Å². The van der Waals surface area contributed by atoms with Gasteiger partial charge < -0.3 is 11.9 Å². The van der Waals surface area contributed by atoms with Crippen molar-refractivity contribution < 1.29 is 0 Å². The van der Waals surface area contributed by atoms with Crippen molar-refractivity contribution in [1.29, 1.82) is 5.26 Å². The molecule has 0 aliphatic carbocycles. The largest absolute Gasteiger partial charge is 0.344 e. The van der Waals surface area contributed by atoms with Crippen LogP contribution in [0.1, 0.15) is 0 Å². The molecule has 0 aromatic heterocycles. The second kappa shape index (κ2) is 24.4. The van der Waals surface area contributed by atoms with Crippen LogP contribution in [0, 0.1) is 11.5 Å². The molecular formula is CH5CaN3. The molecule has 0 amide bonds. The van der Waals surface area contributed by atoms with Gasteiger partial charge in [0.25, 0.3) is 0 Å². The summed E-state index contributed by atoms with van der Waals surface area (Å²) in [5.41, 5.74) is 4.15. The molecule has 5 heavy (non-hydrogen) atoms. The Labute approximate surface area is 60.7 Å². The molecule has 0 aromatic carbocycles. The summed E-state index contributed by atoms with van der Waals surface area (Å²) < 4.78 is 0. The molecule has 0 saturated heterocycles. The first-order valence-corrected chi connectivity index (χ1v) is 0.512. The summed E-state index contributed by atoms with van der Waals surface area (Å²) in [6.45, 7) is 0. The molecule has 4 heteroatoms. The second-order valence-corrected chi connectivity index (χ2v) is 0.129. The van der Waals surface area contributed by atoms with Crippen LogP contribution in [0.4, 0.5) is 0 Å². The summed E-state index contributed by atoms with van der Waals surface area (Å²) in [6, 6.07) is 0. The minimum absolute atomic E-state index is 0. The van der Waals surface area contributed by atoms with Gasteiger partial charge in [-0.3, -0.25) is 0 Å². The molecule has 0 aliphatic heterocycles. The van der Waals surface area contributed by atoms with E-state index in [0.29, 0.717) is 0 Å². The summed E-state index contributed by atoms with van der Waals surface area (Å²) in [5, 5.41) is 7.10. The van der Waals surface area contributed by atoms with E-state index in [1.165, 1.54) is 6.19 Å². The first-order valence-electron chi connectivity index (χ1n) is 0.512. The fraction of sp³-hybridized carbons (Fsp3) is 0. The van der Waals surface area contributed by atoms with Crippen LogP contribution in [-0.2, 0) is 0 Å². The Morgan fingerprint density at radius 2 is 1.60 bits per heavy atom. The van der Waals surface area contributed by atoms with E-state index >= 15 is 0 Å². The average molecular weight is 99.1 g/mol. The molecule has 5 N–H and O–H groups in total. The fourth-order valence-corrected chi connectivity index (χ4v) is 0. The first-order chi connectivity index (χ1) is 1.41. The van der Waals surface area contributed by atoms with Crippen LogP contribution >= 0.6 is 0 Å². The molecule has 0 rings (SSSR count). The number of rotatable bonds is 0. The van der Waals surface area contributed by atoms with Crippen molar-refractivity contribution in [3.8, 4) is 6.19 Å². The van der Waals surface area contributed by atoms with Gasteiger partial charge in [-0.15, -0.1) is 0 Å². The molecule has 0 aliphatic rings. The monoisotopic (exact) mass is 99.0 g/mol. The first kappa shape index (κ1) is 17.8. The van der Waals surface area contributed by atoms with Crippen molar-refractivity contribution in [2.75, 3.05) is 0 Å². The molecule has 0 saturated carbocycles. The summed E-state index contributed by atoms with van der Waals surface area (Å²) >= 11 is 0. The third-order valence-electron chi connectivity index (χ3n) is 0. The fourth-order valence-electron chi connectivity index (χ4n) is 0. The maximum Gasteiger partial charge on any atom is 0.173 e. The molecule has 0 heterocycles. The van der Waals surface area contributed by atoms with E-state index in [9.17, 15) is 0 Å². The Hall–Kier alpha value is 0.510. The Morgan fingerprint density at radius 1 is 1.60 bits per heavy atom. The second-order valence-electron chi connectivity index (χ2n) is 0.129. The van der Waals surface area contributed by atoms with E-state index < -0.39 is 0 Å². The van der Waals surface area contributed by atoms with Crippen LogP contribution in [0.25, 0.3) is 0 Å². The number of hydrogen-bond acceptors (Lipinski definition) is 3. The van der Waals surface area contributed by atoms with Crippen LogP contribution in [0.2, 0.25) is 0 Å². The quantitative estimate of drug-likeness (QED) is 0.237. The van der Waals surface area contributed by atoms with Gasteiger partial charge >= 0.3 is 0 Å². The summed E-state index contributed by atoms with van der Waals surface area (Å²) in [4.78, 5) is 0. The Kier molecular flexibility index (Phi) is 86.7. The topological polar surface area (TPSA) is 84.8 Å². The van der Waals surface area contributed by atoms with Gasteiger partial charge in [-0.25, -0.2) is 0 Å². The van der Waals surface area contributed by atoms with Gasteiger partial charge in [0.1, 0.15) is 0 Å². The minimum Gasteiger partial charge on any atom is -0.344 e. The molecular weight excluding hydrogens is 94.1 g/mol. The number of nitrogens with zero attached hydrogens (tertiary/aromatic N) is 1. The SMILES string of the molecule is N.N#CN.[Ca]. The zero-order valence-electron chi connectivity index (χ0n) is 2.94. The van der Waals surface area contributed by atoms with Crippen molar-refractivity contribution in [3.63, 3.8) is 0 Å². The van der Waals surface area contributed by atoms with E-state index in [0.717, 1.165) is 0 Å². The zero-order valence-corrected chi connectivity index (χ0v) is 5.15. The molecule has 26 valence electrons. The van der Waals surface area contributed by atoms with E-state index in [4.69, 9.17) is 5.26 Å². The van der Waals surface area contributed by atoms with E-state index in [2.05, 4.69) is 5.73 Å². The van der Waals surface area contributed by atoms with E-state index in [-0.39, 0.29) is 43.9 Å². The third kappa shape index (κ3) is 109. The maximum absolute atomic E-state index is 7.10. The average Bonchev–Trinajstić information content (AvgIpc) is 0.918. The van der Waals surface area contributed by atoms with Gasteiger partial charge in [-0.2, -0.15) is 5.26 Å². The molecule has 0 unspecified atom stereocenters. The van der Waals surface area contributed by atoms with Crippen LogP contribution < -0.4 is 11.9 Å².